The smallest absolute Gasteiger partial charge is 0.274 e. The average Bonchev–Trinajstić information content (AvgIpc) is 3.59. The highest BCUT2D eigenvalue weighted by Crippen LogP contribution is 2.27. The summed E-state index contributed by atoms with van der Waals surface area (Å²) in [7, 11) is 1.72. The number of hydrogen-bond acceptors (Lipinski definition) is 5. The van der Waals surface area contributed by atoms with Crippen molar-refractivity contribution >= 4 is 23.4 Å². The zero-order valence-corrected chi connectivity index (χ0v) is 25.2. The molecule has 2 aromatic heterocycles. The van der Waals surface area contributed by atoms with E-state index in [2.05, 4.69) is 27.8 Å². The Labute approximate surface area is 243 Å². The first kappa shape index (κ1) is 30.2. The number of imidazole rings is 1. The number of nitrogens with zero attached hydrogens (tertiary/aromatic N) is 4. The molecule has 9 nitrogen and oxygen atoms in total. The lowest BCUT2D eigenvalue weighted by Gasteiger charge is -2.37. The van der Waals surface area contributed by atoms with Gasteiger partial charge >= 0.3 is 0 Å². The van der Waals surface area contributed by atoms with Crippen molar-refractivity contribution in [1.29, 1.82) is 0 Å². The predicted molar refractivity (Wildman–Crippen MR) is 161 cm³/mol. The van der Waals surface area contributed by atoms with Crippen LogP contribution in [0.25, 0.3) is 5.65 Å². The van der Waals surface area contributed by atoms with Gasteiger partial charge in [-0.2, -0.15) is 0 Å². The summed E-state index contributed by atoms with van der Waals surface area (Å²) in [4.78, 5) is 49.0. The van der Waals surface area contributed by atoms with Gasteiger partial charge in [0.15, 0.2) is 0 Å². The van der Waals surface area contributed by atoms with Crippen LogP contribution in [0.1, 0.15) is 62.2 Å². The Bertz CT molecular complexity index is 1360. The lowest BCUT2D eigenvalue weighted by atomic mass is 9.85. The van der Waals surface area contributed by atoms with Gasteiger partial charge in [-0.1, -0.05) is 57.2 Å². The van der Waals surface area contributed by atoms with Crippen LogP contribution in [0.5, 0.6) is 0 Å². The molecule has 220 valence electrons. The molecule has 1 fully saturated rings. The molecule has 3 unspecified atom stereocenters. The number of fused-ring (bicyclic) bond motifs is 1. The third-order valence-corrected chi connectivity index (χ3v) is 7.94. The Morgan fingerprint density at radius 3 is 2.51 bits per heavy atom. The van der Waals surface area contributed by atoms with Gasteiger partial charge in [0.05, 0.1) is 6.04 Å². The van der Waals surface area contributed by atoms with Crippen molar-refractivity contribution in [3.63, 3.8) is 0 Å². The van der Waals surface area contributed by atoms with E-state index in [0.717, 1.165) is 29.6 Å². The Morgan fingerprint density at radius 2 is 1.83 bits per heavy atom. The second-order valence-corrected chi connectivity index (χ2v) is 12.2. The first-order valence-electron chi connectivity index (χ1n) is 14.5. The van der Waals surface area contributed by atoms with Gasteiger partial charge in [-0.15, -0.1) is 0 Å². The number of aryl methyl sites for hydroxylation is 1. The molecule has 3 amide bonds. The van der Waals surface area contributed by atoms with E-state index in [-0.39, 0.29) is 23.8 Å². The summed E-state index contributed by atoms with van der Waals surface area (Å²) < 4.78 is 1.88. The number of carbonyl (C=O) groups excluding carboxylic acids is 3. The summed E-state index contributed by atoms with van der Waals surface area (Å²) in [5.74, 6) is -0.460. The third kappa shape index (κ3) is 7.33. The molecule has 4 rings (SSSR count). The number of rotatable bonds is 10. The molecule has 0 aliphatic carbocycles. The quantitative estimate of drug-likeness (QED) is 0.396. The van der Waals surface area contributed by atoms with Gasteiger partial charge in [0.25, 0.3) is 5.91 Å². The molecule has 9 heteroatoms. The van der Waals surface area contributed by atoms with E-state index in [1.165, 1.54) is 0 Å². The fourth-order valence-electron chi connectivity index (χ4n) is 5.34. The summed E-state index contributed by atoms with van der Waals surface area (Å²) in [6.07, 6.45) is 6.08. The van der Waals surface area contributed by atoms with Crippen LogP contribution >= 0.6 is 0 Å². The predicted octanol–water partition coefficient (Wildman–Crippen LogP) is 3.46. The second kappa shape index (κ2) is 12.9. The number of hydrogen-bond donors (Lipinski definition) is 2. The number of likely N-dealkylation sites (N-methyl/N-ethyl adjacent to an activating group) is 1. The van der Waals surface area contributed by atoms with Gasteiger partial charge in [-0.25, -0.2) is 4.98 Å². The summed E-state index contributed by atoms with van der Waals surface area (Å²) >= 11 is 0. The van der Waals surface area contributed by atoms with Crippen LogP contribution in [-0.2, 0) is 16.0 Å². The number of pyridine rings is 1. The van der Waals surface area contributed by atoms with Crippen molar-refractivity contribution in [2.75, 3.05) is 26.7 Å². The minimum atomic E-state index is -0.679. The van der Waals surface area contributed by atoms with Crippen molar-refractivity contribution in [1.82, 2.24) is 29.8 Å². The fraction of sp³-hybridized carbons (Fsp3) is 0.500. The molecule has 2 N–H and O–H groups in total. The number of aromatic nitrogens is 2. The first-order chi connectivity index (χ1) is 19.5. The third-order valence-electron chi connectivity index (χ3n) is 7.94. The Balaban J connectivity index is 1.57. The second-order valence-electron chi connectivity index (χ2n) is 12.2. The van der Waals surface area contributed by atoms with Crippen molar-refractivity contribution < 1.29 is 14.4 Å². The van der Waals surface area contributed by atoms with E-state index in [9.17, 15) is 14.4 Å². The van der Waals surface area contributed by atoms with Gasteiger partial charge in [-0.3, -0.25) is 14.4 Å². The molecular weight excluding hydrogens is 516 g/mol. The lowest BCUT2D eigenvalue weighted by molar-refractivity contribution is -0.140. The molecule has 0 spiro atoms. The molecule has 3 atom stereocenters. The molecular formula is C32H44N6O3. The highest BCUT2D eigenvalue weighted by Gasteiger charge is 2.41. The molecule has 1 aliphatic rings. The average molecular weight is 561 g/mol. The lowest BCUT2D eigenvalue weighted by Crippen LogP contribution is -2.59. The largest absolute Gasteiger partial charge is 0.342 e. The Hall–Kier alpha value is -3.72. The van der Waals surface area contributed by atoms with Crippen LogP contribution in [-0.4, -0.2) is 81.7 Å². The van der Waals surface area contributed by atoms with Crippen LogP contribution in [0.3, 0.4) is 0 Å². The molecule has 3 aromatic rings. The standard InChI is InChI=1S/C32H44N6O3/c1-22-14-15-27-34-26(21-37(27)19-22)30(40)36(18-16-24-11-8-7-9-12-24)20-25-13-10-17-38(25)31(41)28(32(3,4)5)35-29(39)23(2)33-6/h7-9,11-12,14-15,19,21,23,25,28,33H,10,13,16-18,20H2,1-6H3,(H,35,39). The van der Waals surface area contributed by atoms with Gasteiger partial charge in [0.1, 0.15) is 17.4 Å². The molecule has 3 heterocycles. The van der Waals surface area contributed by atoms with E-state index in [4.69, 9.17) is 0 Å². The molecule has 1 saturated heterocycles. The summed E-state index contributed by atoms with van der Waals surface area (Å²) in [5, 5.41) is 5.93. The van der Waals surface area contributed by atoms with E-state index >= 15 is 0 Å². The monoisotopic (exact) mass is 560 g/mol. The summed E-state index contributed by atoms with van der Waals surface area (Å²) in [6.45, 7) is 11.2. The SMILES string of the molecule is CNC(C)C(=O)NC(C(=O)N1CCCC1CN(CCc1ccccc1)C(=O)c1cn2cc(C)ccc2n1)C(C)(C)C. The number of likely N-dealkylation sites (tertiary alicyclic amines) is 1. The van der Waals surface area contributed by atoms with E-state index in [0.29, 0.717) is 31.7 Å². The van der Waals surface area contributed by atoms with Crippen LogP contribution < -0.4 is 10.6 Å². The zero-order chi connectivity index (χ0) is 29.7. The minimum Gasteiger partial charge on any atom is -0.342 e. The maximum absolute atomic E-state index is 14.0. The molecule has 41 heavy (non-hydrogen) atoms. The summed E-state index contributed by atoms with van der Waals surface area (Å²) in [6, 6.07) is 12.7. The van der Waals surface area contributed by atoms with Crippen LogP contribution in [0.15, 0.2) is 54.9 Å². The number of amides is 3. The van der Waals surface area contributed by atoms with Crippen molar-refractivity contribution in [2.24, 2.45) is 5.41 Å². The normalized spacial score (nSPS) is 16.9. The van der Waals surface area contributed by atoms with Gasteiger partial charge < -0.3 is 24.8 Å². The number of carbonyl (C=O) groups is 3. The highest BCUT2D eigenvalue weighted by atomic mass is 16.2. The molecule has 0 saturated carbocycles. The van der Waals surface area contributed by atoms with Crippen molar-refractivity contribution in [3.8, 4) is 0 Å². The van der Waals surface area contributed by atoms with E-state index < -0.39 is 17.5 Å². The van der Waals surface area contributed by atoms with Crippen molar-refractivity contribution in [3.05, 3.63) is 71.7 Å². The maximum Gasteiger partial charge on any atom is 0.274 e. The minimum absolute atomic E-state index is 0.102. The highest BCUT2D eigenvalue weighted by molar-refractivity contribution is 5.93. The van der Waals surface area contributed by atoms with E-state index in [1.54, 1.807) is 20.2 Å². The summed E-state index contributed by atoms with van der Waals surface area (Å²) in [5.41, 5.74) is 2.86. The van der Waals surface area contributed by atoms with Gasteiger partial charge in [0.2, 0.25) is 11.8 Å². The first-order valence-corrected chi connectivity index (χ1v) is 14.5. The van der Waals surface area contributed by atoms with Crippen LogP contribution in [0.2, 0.25) is 0 Å². The number of benzene rings is 1. The molecule has 1 aromatic carbocycles. The van der Waals surface area contributed by atoms with Gasteiger partial charge in [0, 0.05) is 38.1 Å². The topological polar surface area (TPSA) is 99.0 Å². The van der Waals surface area contributed by atoms with Gasteiger partial charge in [-0.05, 0) is 62.8 Å². The molecule has 0 radical (unpaired) electrons. The van der Waals surface area contributed by atoms with E-state index in [1.807, 2.05) is 78.4 Å². The Morgan fingerprint density at radius 1 is 1.10 bits per heavy atom. The Kier molecular flexibility index (Phi) is 9.48. The molecule has 1 aliphatic heterocycles. The molecule has 0 bridgehead atoms. The van der Waals surface area contributed by atoms with Crippen LogP contribution in [0, 0.1) is 12.3 Å². The number of nitrogens with one attached hydrogen (secondary N) is 2. The van der Waals surface area contributed by atoms with Crippen molar-refractivity contribution in [2.45, 2.75) is 72.0 Å². The maximum atomic E-state index is 14.0. The fourth-order valence-corrected chi connectivity index (χ4v) is 5.34. The zero-order valence-electron chi connectivity index (χ0n) is 25.2. The van der Waals surface area contributed by atoms with Crippen LogP contribution in [0.4, 0.5) is 0 Å².